The molecule has 5 aromatic rings. The number of nitro benzene ring substituents is 1. The average Bonchev–Trinajstić information content (AvgIpc) is 3.86. The maximum Gasteiger partial charge on any atom is 0.297 e. The highest BCUT2D eigenvalue weighted by Crippen LogP contribution is 2.55. The summed E-state index contributed by atoms with van der Waals surface area (Å²) >= 11 is 0. The lowest BCUT2D eigenvalue weighted by Crippen LogP contribution is -2.56. The molecule has 2 aliphatic carbocycles. The molecule has 75 heavy (non-hydrogen) atoms. The molecule has 1 spiro atoms. The molecule has 5 aliphatic heterocycles. The molecular weight excluding hydrogens is 980 g/mol. The quantitative estimate of drug-likeness (QED) is 0.0760. The van der Waals surface area contributed by atoms with Gasteiger partial charge in [0.1, 0.15) is 29.7 Å². The number of anilines is 4. The fourth-order valence-corrected chi connectivity index (χ4v) is 14.5. The second-order valence-electron chi connectivity index (χ2n) is 23.0. The van der Waals surface area contributed by atoms with Crippen LogP contribution in [0.15, 0.2) is 77.8 Å². The van der Waals surface area contributed by atoms with E-state index in [2.05, 4.69) is 67.8 Å². The zero-order valence-corrected chi connectivity index (χ0v) is 43.7. The molecule has 17 nitrogen and oxygen atoms in total. The standard InChI is InChI=1S/C56H67FN8O9S/c1-34(2)39-8-4-5-9-40(39)42-10-6-7-22-63(42)37-30-55(31-37)19-23-62(24-20-55)36-11-12-41(44(27-36)64-43-14-25-72-32-48(43)74-53-46(64)26-35-13-21-58-51(35)60-53)52(66)61-75(70,71)38-28-45(65(68)69)50-47(29-38)73-33-49(59-50)56(57)17-15-54(3,67)16-18-56/h4-5,8-9,11-13,21,26-29,34,37,42-43,48-49,59,67H,6-7,10,14-20,22-25,30-33H2,1-3H3,(H,58,60)(H,61,66)/t42-,43+,48+,49+,54?,56?/m1/s1. The molecule has 3 saturated heterocycles. The first-order chi connectivity index (χ1) is 36.0. The Morgan fingerprint density at radius 3 is 2.52 bits per heavy atom. The normalized spacial score (nSPS) is 27.8. The third-order valence-electron chi connectivity index (χ3n) is 17.9. The summed E-state index contributed by atoms with van der Waals surface area (Å²) < 4.78 is 65.7. The Labute approximate surface area is 436 Å². The van der Waals surface area contributed by atoms with Crippen LogP contribution < -0.4 is 29.3 Å². The van der Waals surface area contributed by atoms with Crippen molar-refractivity contribution in [2.24, 2.45) is 5.41 Å². The third-order valence-corrected chi connectivity index (χ3v) is 19.2. The van der Waals surface area contributed by atoms with E-state index in [0.717, 1.165) is 55.7 Å². The number of fused-ring (bicyclic) bond motifs is 4. The third kappa shape index (κ3) is 9.14. The van der Waals surface area contributed by atoms with Crippen LogP contribution in [0, 0.1) is 15.5 Å². The van der Waals surface area contributed by atoms with E-state index in [-0.39, 0.29) is 67.4 Å². The smallest absolute Gasteiger partial charge is 0.297 e. The highest BCUT2D eigenvalue weighted by Gasteiger charge is 2.51. The van der Waals surface area contributed by atoms with Gasteiger partial charge in [-0.05, 0) is 137 Å². The molecule has 5 fully saturated rings. The summed E-state index contributed by atoms with van der Waals surface area (Å²) in [4.78, 5) is 41.4. The molecule has 2 aromatic heterocycles. The number of amides is 1. The minimum atomic E-state index is -4.79. The number of halogens is 1. The van der Waals surface area contributed by atoms with E-state index in [0.29, 0.717) is 53.9 Å². The van der Waals surface area contributed by atoms with E-state index in [4.69, 9.17) is 19.2 Å². The zero-order chi connectivity index (χ0) is 52.0. The number of likely N-dealkylation sites (tertiary alicyclic amines) is 1. The van der Waals surface area contributed by atoms with Crippen LogP contribution in [-0.2, 0) is 14.8 Å². The number of rotatable bonds is 10. The largest absolute Gasteiger partial charge is 0.489 e. The summed E-state index contributed by atoms with van der Waals surface area (Å²) in [6.45, 7) is 9.49. The molecule has 0 unspecified atom stereocenters. The number of nitro groups is 1. The van der Waals surface area contributed by atoms with Crippen LogP contribution in [0.25, 0.3) is 11.0 Å². The van der Waals surface area contributed by atoms with Gasteiger partial charge >= 0.3 is 0 Å². The molecule has 19 heteroatoms. The Kier molecular flexibility index (Phi) is 12.6. The van der Waals surface area contributed by atoms with Crippen molar-refractivity contribution in [3.63, 3.8) is 0 Å². The number of nitrogens with zero attached hydrogens (tertiary/aromatic N) is 5. The van der Waals surface area contributed by atoms with Crippen molar-refractivity contribution < 1.29 is 41.8 Å². The fourth-order valence-electron chi connectivity index (χ4n) is 13.5. The molecule has 3 aromatic carbocycles. The molecule has 4 atom stereocenters. The van der Waals surface area contributed by atoms with Crippen molar-refractivity contribution >= 4 is 55.4 Å². The molecular formula is C56H67FN8O9S. The van der Waals surface area contributed by atoms with E-state index >= 15 is 4.39 Å². The molecule has 7 aliphatic rings. The summed E-state index contributed by atoms with van der Waals surface area (Å²) in [6.07, 6.45) is 10.4. The Morgan fingerprint density at radius 1 is 0.960 bits per heavy atom. The number of sulfonamides is 1. The van der Waals surface area contributed by atoms with Crippen LogP contribution in [0.2, 0.25) is 0 Å². The molecule has 0 radical (unpaired) electrons. The van der Waals surface area contributed by atoms with Crippen LogP contribution in [0.1, 0.15) is 131 Å². The number of benzene rings is 3. The number of piperidine rings is 2. The lowest BCUT2D eigenvalue weighted by atomic mass is 9.59. The maximum absolute atomic E-state index is 16.3. The van der Waals surface area contributed by atoms with Gasteiger partial charge in [0.25, 0.3) is 21.6 Å². The average molecular weight is 1050 g/mol. The molecule has 1 amide bonds. The number of aromatic amines is 1. The van der Waals surface area contributed by atoms with Crippen molar-refractivity contribution in [2.45, 2.75) is 150 Å². The maximum atomic E-state index is 16.3. The molecule has 7 heterocycles. The number of aromatic nitrogens is 2. The summed E-state index contributed by atoms with van der Waals surface area (Å²) in [5.41, 5.74) is 2.21. The molecule has 12 rings (SSSR count). The number of H-pyrrole nitrogens is 1. The number of nitrogens with one attached hydrogen (secondary N) is 3. The van der Waals surface area contributed by atoms with Crippen molar-refractivity contribution in [1.82, 2.24) is 19.6 Å². The lowest BCUT2D eigenvalue weighted by molar-refractivity contribution is -0.384. The van der Waals surface area contributed by atoms with E-state index in [1.165, 1.54) is 43.2 Å². The van der Waals surface area contributed by atoms with Gasteiger partial charge in [0.2, 0.25) is 5.88 Å². The minimum absolute atomic E-state index is 0.0114. The van der Waals surface area contributed by atoms with Gasteiger partial charge in [-0.15, -0.1) is 0 Å². The highest BCUT2D eigenvalue weighted by molar-refractivity contribution is 7.90. The van der Waals surface area contributed by atoms with Gasteiger partial charge in [0.15, 0.2) is 11.4 Å². The monoisotopic (exact) mass is 1050 g/mol. The first-order valence-corrected chi connectivity index (χ1v) is 28.4. The van der Waals surface area contributed by atoms with E-state index in [1.54, 1.807) is 19.2 Å². The lowest BCUT2D eigenvalue weighted by Gasteiger charge is -2.57. The van der Waals surface area contributed by atoms with E-state index in [1.807, 2.05) is 24.3 Å². The number of aliphatic hydroxyl groups is 1. The summed E-state index contributed by atoms with van der Waals surface area (Å²) in [5.74, 6) is -0.290. The topological polar surface area (TPSA) is 205 Å². The van der Waals surface area contributed by atoms with Gasteiger partial charge in [-0.1, -0.05) is 44.5 Å². The first kappa shape index (κ1) is 49.8. The van der Waals surface area contributed by atoms with Crippen molar-refractivity contribution in [3.8, 4) is 11.6 Å². The van der Waals surface area contributed by atoms with Crippen LogP contribution in [-0.4, -0.2) is 114 Å². The molecule has 398 valence electrons. The molecule has 4 N–H and O–H groups in total. The number of alkyl halides is 1. The van der Waals surface area contributed by atoms with Crippen LogP contribution in [0.3, 0.4) is 0 Å². The minimum Gasteiger partial charge on any atom is -0.489 e. The number of hydrogen-bond acceptors (Lipinski definition) is 14. The van der Waals surface area contributed by atoms with Crippen LogP contribution in [0.4, 0.5) is 32.8 Å². The Morgan fingerprint density at radius 2 is 1.75 bits per heavy atom. The first-order valence-electron chi connectivity index (χ1n) is 26.9. The van der Waals surface area contributed by atoms with Crippen molar-refractivity contribution in [1.29, 1.82) is 0 Å². The van der Waals surface area contributed by atoms with Crippen LogP contribution in [0.5, 0.6) is 11.6 Å². The Bertz CT molecular complexity index is 3140. The second-order valence-corrected chi connectivity index (χ2v) is 24.7. The highest BCUT2D eigenvalue weighted by atomic mass is 32.2. The number of carbonyl (C=O) groups excluding carboxylic acids is 1. The van der Waals surface area contributed by atoms with Gasteiger partial charge in [-0.25, -0.2) is 17.5 Å². The Balaban J connectivity index is 0.833. The predicted octanol–water partition coefficient (Wildman–Crippen LogP) is 9.58. The number of ether oxygens (including phenoxy) is 3. The second kappa shape index (κ2) is 18.9. The van der Waals surface area contributed by atoms with Gasteiger partial charge in [0, 0.05) is 61.2 Å². The van der Waals surface area contributed by atoms with E-state index in [9.17, 15) is 28.4 Å². The SMILES string of the molecule is CC(C)c1ccccc1[C@H]1CCCCN1C1CC2(CCN(c3ccc(C(=O)NS(=O)(=O)c4cc5c(c([N+](=O)[O-])c4)N[C@H](C4(F)CCC(C)(O)CC4)CO5)c(N4c5cc6cc[nH]c6nc5O[C@H]5COCC[C@@H]54)c3)CC2)C1. The van der Waals surface area contributed by atoms with Gasteiger partial charge < -0.3 is 39.4 Å². The molecule has 0 bridgehead atoms. The fraction of sp³-hybridized carbons (Fsp3) is 0.536. The Hall–Kier alpha value is -6.02. The van der Waals surface area contributed by atoms with E-state index < -0.39 is 54.9 Å². The van der Waals surface area contributed by atoms with Gasteiger partial charge in [-0.3, -0.25) is 19.8 Å². The van der Waals surface area contributed by atoms with Crippen molar-refractivity contribution in [2.75, 3.05) is 54.6 Å². The number of carbonyl (C=O) groups is 1. The summed E-state index contributed by atoms with van der Waals surface area (Å²) in [7, 11) is -4.79. The number of hydrogen-bond donors (Lipinski definition) is 4. The number of pyridine rings is 1. The summed E-state index contributed by atoms with van der Waals surface area (Å²) in [5, 5.41) is 26.8. The summed E-state index contributed by atoms with van der Waals surface area (Å²) in [6, 6.07) is 20.1. The zero-order valence-electron chi connectivity index (χ0n) is 42.9. The van der Waals surface area contributed by atoms with Gasteiger partial charge in [-0.2, -0.15) is 4.98 Å². The predicted molar refractivity (Wildman–Crippen MR) is 283 cm³/mol. The molecule has 2 saturated carbocycles. The van der Waals surface area contributed by atoms with Crippen LogP contribution >= 0.6 is 0 Å². The van der Waals surface area contributed by atoms with Gasteiger partial charge in [0.05, 0.1) is 45.4 Å². The van der Waals surface area contributed by atoms with Crippen molar-refractivity contribution in [3.05, 3.63) is 99.7 Å².